The molecule has 0 unspecified atom stereocenters. The Balaban J connectivity index is 1.44. The lowest BCUT2D eigenvalue weighted by atomic mass is 9.46. The summed E-state index contributed by atoms with van der Waals surface area (Å²) in [5.74, 6) is 3.61. The maximum Gasteiger partial charge on any atom is 0.338 e. The van der Waals surface area contributed by atoms with E-state index < -0.39 is 0 Å². The van der Waals surface area contributed by atoms with E-state index in [0.717, 1.165) is 37.0 Å². The summed E-state index contributed by atoms with van der Waals surface area (Å²) in [6, 6.07) is 9.48. The molecule has 204 valence electrons. The van der Waals surface area contributed by atoms with Crippen molar-refractivity contribution in [2.45, 2.75) is 111 Å². The third-order valence-electron chi connectivity index (χ3n) is 11.5. The van der Waals surface area contributed by atoms with Gasteiger partial charge in [-0.2, -0.15) is 0 Å². The van der Waals surface area contributed by atoms with E-state index in [9.17, 15) is 9.90 Å². The molecule has 0 radical (unpaired) electrons. The molecule has 0 bridgehead atoms. The molecule has 0 aromatic heterocycles. The molecule has 0 saturated heterocycles. The van der Waals surface area contributed by atoms with E-state index in [0.29, 0.717) is 28.7 Å². The van der Waals surface area contributed by atoms with Gasteiger partial charge in [-0.05, 0) is 104 Å². The molecule has 1 aromatic rings. The maximum atomic E-state index is 13.3. The second-order valence-corrected chi connectivity index (χ2v) is 14.1. The number of ether oxygens (including phenoxy) is 1. The summed E-state index contributed by atoms with van der Waals surface area (Å²) < 4.78 is 6.42. The number of benzene rings is 1. The Morgan fingerprint density at radius 3 is 2.49 bits per heavy atom. The number of hydrogen-bond donors (Lipinski definition) is 1. The number of carbonyl (C=O) groups excluding carboxylic acids is 1. The van der Waals surface area contributed by atoms with Gasteiger partial charge < -0.3 is 9.84 Å². The topological polar surface area (TPSA) is 46.5 Å². The van der Waals surface area contributed by atoms with Gasteiger partial charge in [0.15, 0.2) is 0 Å². The van der Waals surface area contributed by atoms with Crippen molar-refractivity contribution >= 4 is 5.97 Å². The minimum atomic E-state index is -0.266. The quantitative estimate of drug-likeness (QED) is 0.299. The van der Waals surface area contributed by atoms with Gasteiger partial charge >= 0.3 is 5.97 Å². The van der Waals surface area contributed by atoms with Crippen LogP contribution in [-0.4, -0.2) is 23.3 Å². The maximum absolute atomic E-state index is 13.3. The van der Waals surface area contributed by atoms with Gasteiger partial charge in [-0.25, -0.2) is 4.79 Å². The first-order valence-electron chi connectivity index (χ1n) is 15.3. The Morgan fingerprint density at radius 2 is 1.76 bits per heavy atom. The zero-order valence-corrected chi connectivity index (χ0v) is 23.9. The van der Waals surface area contributed by atoms with Gasteiger partial charge in [0, 0.05) is 5.92 Å². The van der Waals surface area contributed by atoms with Crippen LogP contribution in [-0.2, 0) is 4.74 Å². The Hall–Kier alpha value is -1.61. The van der Waals surface area contributed by atoms with E-state index >= 15 is 0 Å². The molecule has 0 spiro atoms. The number of fused-ring (bicyclic) bond motifs is 5. The van der Waals surface area contributed by atoms with Crippen LogP contribution in [0.3, 0.4) is 0 Å². The van der Waals surface area contributed by atoms with Crippen molar-refractivity contribution in [3.05, 3.63) is 47.5 Å². The molecule has 3 heteroatoms. The molecule has 0 amide bonds. The fraction of sp³-hybridized carbons (Fsp3) is 0.735. The highest BCUT2D eigenvalue weighted by atomic mass is 16.5. The number of rotatable bonds is 7. The SMILES string of the molecule is CC(C)CCC[C@H](C)[C@H]1CC[C@H]2[C@@H]3[C@H](OC(=O)c4ccccc4)C=C4C[C@@H](O)CC[C@]4(C)[C@H]3CC[C@]12C. The molecule has 0 aliphatic heterocycles. The molecule has 3 saturated carbocycles. The monoisotopic (exact) mass is 506 g/mol. The standard InChI is InChI=1S/C34H50O3/c1-22(2)10-9-11-23(3)27-14-15-28-31-29(17-19-34(27,28)5)33(4)18-16-26(35)20-25(33)21-30(31)37-32(36)24-12-7-6-8-13-24/h6-8,12-13,21-23,26-31,35H,9-11,14-20H2,1-5H3/t23-,26-,27+,28-,29-,30+,31-,33-,34+/m0/s1. The minimum absolute atomic E-state index is 0.127. The van der Waals surface area contributed by atoms with Crippen molar-refractivity contribution in [2.75, 3.05) is 0 Å². The summed E-state index contributed by atoms with van der Waals surface area (Å²) in [6.07, 6.45) is 13.6. The number of esters is 1. The van der Waals surface area contributed by atoms with Crippen molar-refractivity contribution in [1.82, 2.24) is 0 Å². The summed E-state index contributed by atoms with van der Waals surface area (Å²) in [5.41, 5.74) is 2.43. The van der Waals surface area contributed by atoms with Crippen molar-refractivity contribution in [3.63, 3.8) is 0 Å². The van der Waals surface area contributed by atoms with Crippen molar-refractivity contribution in [2.24, 2.45) is 46.3 Å². The van der Waals surface area contributed by atoms with Crippen molar-refractivity contribution in [3.8, 4) is 0 Å². The normalized spacial score (nSPS) is 39.8. The lowest BCUT2D eigenvalue weighted by molar-refractivity contribution is -0.101. The van der Waals surface area contributed by atoms with Gasteiger partial charge in [0.25, 0.3) is 0 Å². The van der Waals surface area contributed by atoms with Crippen LogP contribution in [0.4, 0.5) is 0 Å². The summed E-state index contributed by atoms with van der Waals surface area (Å²) in [5, 5.41) is 10.5. The van der Waals surface area contributed by atoms with Gasteiger partial charge in [-0.15, -0.1) is 0 Å². The molecular formula is C34H50O3. The second-order valence-electron chi connectivity index (χ2n) is 14.1. The number of carbonyl (C=O) groups is 1. The lowest BCUT2D eigenvalue weighted by Crippen LogP contribution is -2.55. The number of aliphatic hydroxyl groups excluding tert-OH is 1. The van der Waals surface area contributed by atoms with Crippen molar-refractivity contribution < 1.29 is 14.6 Å². The predicted molar refractivity (Wildman–Crippen MR) is 150 cm³/mol. The number of hydrogen-bond acceptors (Lipinski definition) is 3. The fourth-order valence-electron chi connectivity index (χ4n) is 9.51. The summed E-state index contributed by atoms with van der Waals surface area (Å²) in [7, 11) is 0. The molecule has 4 aliphatic carbocycles. The molecule has 0 heterocycles. The zero-order valence-electron chi connectivity index (χ0n) is 23.9. The zero-order chi connectivity index (χ0) is 26.4. The summed E-state index contributed by atoms with van der Waals surface area (Å²) in [4.78, 5) is 13.3. The van der Waals surface area contributed by atoms with E-state index in [4.69, 9.17) is 4.74 Å². The molecular weight excluding hydrogens is 456 g/mol. The fourth-order valence-corrected chi connectivity index (χ4v) is 9.51. The highest BCUT2D eigenvalue weighted by molar-refractivity contribution is 5.89. The van der Waals surface area contributed by atoms with Crippen LogP contribution in [0.2, 0.25) is 0 Å². The van der Waals surface area contributed by atoms with Crippen LogP contribution in [0.25, 0.3) is 0 Å². The van der Waals surface area contributed by atoms with E-state index in [-0.39, 0.29) is 23.6 Å². The van der Waals surface area contributed by atoms with Crippen LogP contribution in [0.15, 0.2) is 42.0 Å². The molecule has 1 N–H and O–H groups in total. The van der Waals surface area contributed by atoms with E-state index in [1.165, 1.54) is 50.5 Å². The molecule has 3 fully saturated rings. The third-order valence-corrected chi connectivity index (χ3v) is 11.5. The minimum Gasteiger partial charge on any atom is -0.454 e. The molecule has 3 nitrogen and oxygen atoms in total. The smallest absolute Gasteiger partial charge is 0.338 e. The Kier molecular flexibility index (Phi) is 7.66. The third kappa shape index (κ3) is 4.95. The molecule has 1 aromatic carbocycles. The van der Waals surface area contributed by atoms with Crippen LogP contribution in [0.1, 0.15) is 109 Å². The van der Waals surface area contributed by atoms with Crippen LogP contribution >= 0.6 is 0 Å². The first-order chi connectivity index (χ1) is 17.6. The highest BCUT2D eigenvalue weighted by Gasteiger charge is 2.62. The van der Waals surface area contributed by atoms with E-state index in [2.05, 4.69) is 40.7 Å². The lowest BCUT2D eigenvalue weighted by Gasteiger charge is -2.59. The van der Waals surface area contributed by atoms with Gasteiger partial charge in [-0.1, -0.05) is 77.7 Å². The average molecular weight is 507 g/mol. The van der Waals surface area contributed by atoms with Crippen LogP contribution in [0, 0.1) is 46.3 Å². The van der Waals surface area contributed by atoms with Crippen LogP contribution < -0.4 is 0 Å². The Morgan fingerprint density at radius 1 is 1.00 bits per heavy atom. The van der Waals surface area contributed by atoms with Gasteiger partial charge in [-0.3, -0.25) is 0 Å². The van der Waals surface area contributed by atoms with Gasteiger partial charge in [0.1, 0.15) is 6.10 Å². The van der Waals surface area contributed by atoms with Crippen molar-refractivity contribution in [1.29, 1.82) is 0 Å². The van der Waals surface area contributed by atoms with E-state index in [1.54, 1.807) is 0 Å². The molecule has 4 aliphatic rings. The van der Waals surface area contributed by atoms with Crippen LogP contribution in [0.5, 0.6) is 0 Å². The average Bonchev–Trinajstić information content (AvgIpc) is 3.22. The molecule has 9 atom stereocenters. The Bertz CT molecular complexity index is 982. The predicted octanol–water partition coefficient (Wildman–Crippen LogP) is 8.22. The van der Waals surface area contributed by atoms with Gasteiger partial charge in [0.2, 0.25) is 0 Å². The number of aliphatic hydroxyl groups is 1. The second kappa shape index (κ2) is 10.5. The summed E-state index contributed by atoms with van der Waals surface area (Å²) >= 11 is 0. The summed E-state index contributed by atoms with van der Waals surface area (Å²) in [6.45, 7) is 12.2. The Labute approximate surface area is 225 Å². The first kappa shape index (κ1) is 27.0. The molecule has 5 rings (SSSR count). The molecule has 37 heavy (non-hydrogen) atoms. The highest BCUT2D eigenvalue weighted by Crippen LogP contribution is 2.67. The first-order valence-corrected chi connectivity index (χ1v) is 15.3. The van der Waals surface area contributed by atoms with E-state index in [1.807, 2.05) is 30.3 Å². The van der Waals surface area contributed by atoms with Gasteiger partial charge in [0.05, 0.1) is 11.7 Å². The largest absolute Gasteiger partial charge is 0.454 e.